The molecule has 6 nitrogen and oxygen atoms in total. The molecule has 0 bridgehead atoms. The van der Waals surface area contributed by atoms with Gasteiger partial charge in [-0.3, -0.25) is 9.48 Å². The molecule has 1 aromatic rings. The monoisotopic (exact) mass is 223 g/mol. The van der Waals surface area contributed by atoms with Crippen LogP contribution in [0.25, 0.3) is 0 Å². The third-order valence-corrected chi connectivity index (χ3v) is 2.58. The molecule has 0 aliphatic carbocycles. The van der Waals surface area contributed by atoms with Crippen molar-refractivity contribution >= 4 is 5.91 Å². The van der Waals surface area contributed by atoms with Crippen molar-refractivity contribution in [3.63, 3.8) is 0 Å². The van der Waals surface area contributed by atoms with E-state index in [1.54, 1.807) is 10.9 Å². The van der Waals surface area contributed by atoms with E-state index >= 15 is 0 Å². The minimum absolute atomic E-state index is 0.0380. The van der Waals surface area contributed by atoms with E-state index in [0.717, 1.165) is 18.7 Å². The van der Waals surface area contributed by atoms with Crippen LogP contribution in [0, 0.1) is 0 Å². The zero-order valence-corrected chi connectivity index (χ0v) is 9.36. The number of hydrogen-bond donors (Lipinski definition) is 3. The summed E-state index contributed by atoms with van der Waals surface area (Å²) in [7, 11) is 1.86. The molecular weight excluding hydrogens is 206 g/mol. The van der Waals surface area contributed by atoms with E-state index in [4.69, 9.17) is 0 Å². The number of aromatic nitrogens is 2. The van der Waals surface area contributed by atoms with Crippen molar-refractivity contribution in [1.82, 2.24) is 25.7 Å². The number of carbonyl (C=O) groups is 1. The lowest BCUT2D eigenvalue weighted by Crippen LogP contribution is -2.55. The minimum Gasteiger partial charge on any atom is -0.351 e. The van der Waals surface area contributed by atoms with Crippen LogP contribution in [0.3, 0.4) is 0 Å². The van der Waals surface area contributed by atoms with Crippen LogP contribution in [0.2, 0.25) is 0 Å². The third-order valence-electron chi connectivity index (χ3n) is 2.58. The van der Waals surface area contributed by atoms with E-state index in [0.29, 0.717) is 13.1 Å². The van der Waals surface area contributed by atoms with Crippen molar-refractivity contribution in [3.05, 3.63) is 18.0 Å². The Hall–Kier alpha value is -1.40. The third kappa shape index (κ3) is 2.80. The van der Waals surface area contributed by atoms with E-state index in [9.17, 15) is 4.79 Å². The lowest BCUT2D eigenvalue weighted by atomic mass is 10.2. The van der Waals surface area contributed by atoms with Gasteiger partial charge in [0.1, 0.15) is 0 Å². The summed E-state index contributed by atoms with van der Waals surface area (Å²) in [6.45, 7) is 2.99. The molecule has 16 heavy (non-hydrogen) atoms. The summed E-state index contributed by atoms with van der Waals surface area (Å²) in [5.41, 5.74) is 1.01. The molecule has 0 radical (unpaired) electrons. The molecule has 6 heteroatoms. The van der Waals surface area contributed by atoms with Crippen molar-refractivity contribution in [3.8, 4) is 0 Å². The fourth-order valence-corrected chi connectivity index (χ4v) is 1.71. The van der Waals surface area contributed by atoms with Gasteiger partial charge in [0, 0.05) is 45.0 Å². The van der Waals surface area contributed by atoms with E-state index in [1.165, 1.54) is 0 Å². The zero-order valence-electron chi connectivity index (χ0n) is 9.36. The molecule has 1 unspecified atom stereocenters. The van der Waals surface area contributed by atoms with Gasteiger partial charge in [0.2, 0.25) is 5.91 Å². The second-order valence-electron chi connectivity index (χ2n) is 3.95. The van der Waals surface area contributed by atoms with Gasteiger partial charge in [-0.05, 0) is 0 Å². The molecule has 0 spiro atoms. The van der Waals surface area contributed by atoms with Crippen LogP contribution in [0.4, 0.5) is 0 Å². The van der Waals surface area contributed by atoms with Gasteiger partial charge in [0.15, 0.2) is 0 Å². The minimum atomic E-state index is -0.120. The van der Waals surface area contributed by atoms with Crippen LogP contribution in [0.15, 0.2) is 12.4 Å². The smallest absolute Gasteiger partial charge is 0.238 e. The molecule has 1 aliphatic rings. The van der Waals surface area contributed by atoms with Gasteiger partial charge in [-0.1, -0.05) is 0 Å². The second kappa shape index (κ2) is 5.09. The van der Waals surface area contributed by atoms with Gasteiger partial charge in [0.25, 0.3) is 0 Å². The maximum atomic E-state index is 11.7. The highest BCUT2D eigenvalue weighted by atomic mass is 16.2. The summed E-state index contributed by atoms with van der Waals surface area (Å²) in [5, 5.41) is 13.3. The normalized spacial score (nSPS) is 20.7. The quantitative estimate of drug-likeness (QED) is 0.589. The summed E-state index contributed by atoms with van der Waals surface area (Å²) >= 11 is 0. The molecule has 1 atom stereocenters. The Kier molecular flexibility index (Phi) is 3.53. The predicted octanol–water partition coefficient (Wildman–Crippen LogP) is -1.40. The number of piperazine rings is 1. The molecule has 0 saturated carbocycles. The first-order valence-electron chi connectivity index (χ1n) is 5.45. The standard InChI is InChI=1S/C10H17N5O/c1-15-7-8(5-14-15)4-13-10(16)9-6-11-2-3-12-9/h5,7,9,11-12H,2-4,6H2,1H3,(H,13,16). The zero-order chi connectivity index (χ0) is 11.4. The topological polar surface area (TPSA) is 71.0 Å². The van der Waals surface area contributed by atoms with E-state index in [2.05, 4.69) is 21.0 Å². The van der Waals surface area contributed by atoms with Crippen molar-refractivity contribution in [2.45, 2.75) is 12.6 Å². The Labute approximate surface area is 94.4 Å². The Morgan fingerprint density at radius 1 is 1.69 bits per heavy atom. The first-order chi connectivity index (χ1) is 7.75. The van der Waals surface area contributed by atoms with Gasteiger partial charge in [0.05, 0.1) is 12.2 Å². The van der Waals surface area contributed by atoms with Crippen LogP contribution in [-0.4, -0.2) is 41.4 Å². The molecule has 0 aromatic carbocycles. The van der Waals surface area contributed by atoms with Gasteiger partial charge in [-0.2, -0.15) is 5.10 Å². The summed E-state index contributed by atoms with van der Waals surface area (Å²) in [6, 6.07) is -0.120. The molecule has 2 heterocycles. The molecule has 88 valence electrons. The Morgan fingerprint density at radius 2 is 2.56 bits per heavy atom. The Balaban J connectivity index is 1.78. The summed E-state index contributed by atoms with van der Waals surface area (Å²) in [6.07, 6.45) is 3.65. The number of carbonyl (C=O) groups excluding carboxylic acids is 1. The average Bonchev–Trinajstić information content (AvgIpc) is 2.73. The van der Waals surface area contributed by atoms with Gasteiger partial charge >= 0.3 is 0 Å². The lowest BCUT2D eigenvalue weighted by Gasteiger charge is -2.23. The van der Waals surface area contributed by atoms with Crippen LogP contribution in [-0.2, 0) is 18.4 Å². The first-order valence-corrected chi connectivity index (χ1v) is 5.45. The molecule has 1 fully saturated rings. The second-order valence-corrected chi connectivity index (χ2v) is 3.95. The van der Waals surface area contributed by atoms with Crippen LogP contribution in [0.1, 0.15) is 5.56 Å². The molecule has 3 N–H and O–H groups in total. The van der Waals surface area contributed by atoms with Crippen molar-refractivity contribution in [2.24, 2.45) is 7.05 Å². The SMILES string of the molecule is Cn1cc(CNC(=O)C2CNCCN2)cn1. The highest BCUT2D eigenvalue weighted by Gasteiger charge is 2.19. The van der Waals surface area contributed by atoms with E-state index in [1.807, 2.05) is 13.2 Å². The van der Waals surface area contributed by atoms with Crippen LogP contribution >= 0.6 is 0 Å². The van der Waals surface area contributed by atoms with E-state index < -0.39 is 0 Å². The van der Waals surface area contributed by atoms with Crippen molar-refractivity contribution in [2.75, 3.05) is 19.6 Å². The molecular formula is C10H17N5O. The molecule has 1 aliphatic heterocycles. The number of hydrogen-bond acceptors (Lipinski definition) is 4. The maximum Gasteiger partial charge on any atom is 0.238 e. The largest absolute Gasteiger partial charge is 0.351 e. The average molecular weight is 223 g/mol. The van der Waals surface area contributed by atoms with Crippen molar-refractivity contribution in [1.29, 1.82) is 0 Å². The van der Waals surface area contributed by atoms with Crippen molar-refractivity contribution < 1.29 is 4.79 Å². The number of nitrogens with zero attached hydrogens (tertiary/aromatic N) is 2. The highest BCUT2D eigenvalue weighted by Crippen LogP contribution is 1.96. The summed E-state index contributed by atoms with van der Waals surface area (Å²) in [5.74, 6) is 0.0380. The van der Waals surface area contributed by atoms with Gasteiger partial charge in [-0.15, -0.1) is 0 Å². The van der Waals surface area contributed by atoms with Crippen LogP contribution in [0.5, 0.6) is 0 Å². The van der Waals surface area contributed by atoms with E-state index in [-0.39, 0.29) is 11.9 Å². The fraction of sp³-hybridized carbons (Fsp3) is 0.600. The number of amides is 1. The van der Waals surface area contributed by atoms with Crippen LogP contribution < -0.4 is 16.0 Å². The molecule has 2 rings (SSSR count). The fourth-order valence-electron chi connectivity index (χ4n) is 1.71. The lowest BCUT2D eigenvalue weighted by molar-refractivity contribution is -0.123. The highest BCUT2D eigenvalue weighted by molar-refractivity contribution is 5.82. The Bertz CT molecular complexity index is 356. The number of rotatable bonds is 3. The summed E-state index contributed by atoms with van der Waals surface area (Å²) < 4.78 is 1.72. The number of nitrogens with one attached hydrogen (secondary N) is 3. The van der Waals surface area contributed by atoms with Gasteiger partial charge in [-0.25, -0.2) is 0 Å². The molecule has 1 amide bonds. The van der Waals surface area contributed by atoms with Gasteiger partial charge < -0.3 is 16.0 Å². The first kappa shape index (κ1) is 11.1. The number of aryl methyl sites for hydroxylation is 1. The molecule has 1 saturated heterocycles. The Morgan fingerprint density at radius 3 is 3.19 bits per heavy atom. The summed E-state index contributed by atoms with van der Waals surface area (Å²) in [4.78, 5) is 11.7. The predicted molar refractivity (Wildman–Crippen MR) is 59.7 cm³/mol. The maximum absolute atomic E-state index is 11.7. The molecule has 1 aromatic heterocycles.